The van der Waals surface area contributed by atoms with Crippen LogP contribution in [0.25, 0.3) is 0 Å². The summed E-state index contributed by atoms with van der Waals surface area (Å²) in [5.74, 6) is 0.434. The number of benzene rings is 1. The molecule has 2 aromatic rings. The number of carbonyl (C=O) groups is 1. The van der Waals surface area contributed by atoms with E-state index in [1.54, 1.807) is 30.5 Å². The van der Waals surface area contributed by atoms with E-state index in [4.69, 9.17) is 11.6 Å². The molecule has 0 aliphatic heterocycles. The Kier molecular flexibility index (Phi) is 5.08. The van der Waals surface area contributed by atoms with Gasteiger partial charge in [-0.15, -0.1) is 0 Å². The lowest BCUT2D eigenvalue weighted by Gasteiger charge is -2.23. The van der Waals surface area contributed by atoms with Crippen LogP contribution in [0.4, 0.5) is 11.5 Å². The molecule has 0 bridgehead atoms. The highest BCUT2D eigenvalue weighted by atomic mass is 35.5. The van der Waals surface area contributed by atoms with E-state index in [2.05, 4.69) is 20.6 Å². The standard InChI is InChI=1S/C17H19ClN4O/c18-12-6-8-14(9-7-12)22-17(23)15-10-20-16(11-19-15)21-13-4-2-1-3-5-13/h6-11,13H,1-5H2,(H,20,21)(H,22,23). The van der Waals surface area contributed by atoms with E-state index in [9.17, 15) is 4.79 Å². The van der Waals surface area contributed by atoms with E-state index >= 15 is 0 Å². The van der Waals surface area contributed by atoms with Gasteiger partial charge in [0.05, 0.1) is 12.4 Å². The lowest BCUT2D eigenvalue weighted by atomic mass is 9.96. The van der Waals surface area contributed by atoms with E-state index in [-0.39, 0.29) is 11.6 Å². The smallest absolute Gasteiger partial charge is 0.275 e. The minimum absolute atomic E-state index is 0.286. The molecule has 23 heavy (non-hydrogen) atoms. The zero-order valence-corrected chi connectivity index (χ0v) is 13.5. The second kappa shape index (κ2) is 7.42. The molecule has 0 radical (unpaired) electrons. The maximum atomic E-state index is 12.1. The van der Waals surface area contributed by atoms with Crippen molar-refractivity contribution in [2.24, 2.45) is 0 Å². The lowest BCUT2D eigenvalue weighted by molar-refractivity contribution is 0.102. The van der Waals surface area contributed by atoms with Gasteiger partial charge in [-0.2, -0.15) is 0 Å². The number of rotatable bonds is 4. The minimum atomic E-state index is -0.288. The van der Waals surface area contributed by atoms with Gasteiger partial charge in [-0.3, -0.25) is 4.79 Å². The fourth-order valence-corrected chi connectivity index (χ4v) is 2.83. The molecule has 1 aromatic carbocycles. The van der Waals surface area contributed by atoms with Gasteiger partial charge in [0, 0.05) is 16.8 Å². The molecule has 0 unspecified atom stereocenters. The average Bonchev–Trinajstić information content (AvgIpc) is 2.58. The number of halogens is 1. The first kappa shape index (κ1) is 15.7. The summed E-state index contributed by atoms with van der Waals surface area (Å²) in [4.78, 5) is 20.6. The van der Waals surface area contributed by atoms with E-state index < -0.39 is 0 Å². The molecular formula is C17H19ClN4O. The molecule has 1 fully saturated rings. The van der Waals surface area contributed by atoms with Crippen LogP contribution in [0.5, 0.6) is 0 Å². The molecule has 1 amide bonds. The molecule has 5 nitrogen and oxygen atoms in total. The average molecular weight is 331 g/mol. The van der Waals surface area contributed by atoms with Gasteiger partial charge >= 0.3 is 0 Å². The number of anilines is 2. The quantitative estimate of drug-likeness (QED) is 0.884. The van der Waals surface area contributed by atoms with Crippen LogP contribution in [0.1, 0.15) is 42.6 Å². The molecule has 0 spiro atoms. The Morgan fingerprint density at radius 2 is 1.78 bits per heavy atom. The van der Waals surface area contributed by atoms with Crippen molar-refractivity contribution in [3.63, 3.8) is 0 Å². The molecule has 1 aliphatic rings. The number of hydrogen-bond acceptors (Lipinski definition) is 4. The van der Waals surface area contributed by atoms with Crippen LogP contribution in [0.15, 0.2) is 36.7 Å². The summed E-state index contributed by atoms with van der Waals surface area (Å²) in [6.45, 7) is 0. The number of aromatic nitrogens is 2. The van der Waals surface area contributed by atoms with Crippen molar-refractivity contribution >= 4 is 29.0 Å². The lowest BCUT2D eigenvalue weighted by Crippen LogP contribution is -2.23. The number of hydrogen-bond donors (Lipinski definition) is 2. The summed E-state index contributed by atoms with van der Waals surface area (Å²) in [5.41, 5.74) is 0.958. The normalized spacial score (nSPS) is 15.2. The van der Waals surface area contributed by atoms with Crippen LogP contribution in [0.2, 0.25) is 5.02 Å². The molecule has 1 saturated carbocycles. The zero-order chi connectivity index (χ0) is 16.1. The summed E-state index contributed by atoms with van der Waals surface area (Å²) in [7, 11) is 0. The maximum Gasteiger partial charge on any atom is 0.275 e. The molecule has 6 heteroatoms. The van der Waals surface area contributed by atoms with E-state index in [1.165, 1.54) is 38.3 Å². The Bertz CT molecular complexity index is 651. The van der Waals surface area contributed by atoms with Crippen molar-refractivity contribution in [1.82, 2.24) is 9.97 Å². The highest BCUT2D eigenvalue weighted by Gasteiger charge is 2.14. The van der Waals surface area contributed by atoms with Crippen molar-refractivity contribution in [3.8, 4) is 0 Å². The third kappa shape index (κ3) is 4.42. The maximum absolute atomic E-state index is 12.1. The number of amides is 1. The highest BCUT2D eigenvalue weighted by molar-refractivity contribution is 6.30. The van der Waals surface area contributed by atoms with Gasteiger partial charge < -0.3 is 10.6 Å². The summed E-state index contributed by atoms with van der Waals surface area (Å²) in [6.07, 6.45) is 9.27. The third-order valence-electron chi connectivity index (χ3n) is 3.94. The Morgan fingerprint density at radius 3 is 2.43 bits per heavy atom. The van der Waals surface area contributed by atoms with Crippen molar-refractivity contribution in [2.75, 3.05) is 10.6 Å². The van der Waals surface area contributed by atoms with Gasteiger partial charge in [-0.1, -0.05) is 30.9 Å². The monoisotopic (exact) mass is 330 g/mol. The first-order valence-corrected chi connectivity index (χ1v) is 8.24. The second-order valence-electron chi connectivity index (χ2n) is 5.73. The second-order valence-corrected chi connectivity index (χ2v) is 6.16. The van der Waals surface area contributed by atoms with Gasteiger partial charge in [0.15, 0.2) is 0 Å². The Hall–Kier alpha value is -2.14. The third-order valence-corrected chi connectivity index (χ3v) is 4.20. The van der Waals surface area contributed by atoms with Gasteiger partial charge in [0.1, 0.15) is 11.5 Å². The van der Waals surface area contributed by atoms with E-state index in [1.807, 2.05) is 0 Å². The zero-order valence-electron chi connectivity index (χ0n) is 12.8. The predicted octanol–water partition coefficient (Wildman–Crippen LogP) is 4.13. The van der Waals surface area contributed by atoms with Crippen LogP contribution in [-0.4, -0.2) is 21.9 Å². The molecule has 0 saturated heterocycles. The first-order chi connectivity index (χ1) is 11.2. The van der Waals surface area contributed by atoms with Crippen molar-refractivity contribution in [3.05, 3.63) is 47.4 Å². The van der Waals surface area contributed by atoms with Gasteiger partial charge in [0.25, 0.3) is 5.91 Å². The van der Waals surface area contributed by atoms with Crippen LogP contribution in [0.3, 0.4) is 0 Å². The minimum Gasteiger partial charge on any atom is -0.366 e. The Morgan fingerprint density at radius 1 is 1.04 bits per heavy atom. The molecule has 2 N–H and O–H groups in total. The highest BCUT2D eigenvalue weighted by Crippen LogP contribution is 2.20. The molecule has 0 atom stereocenters. The number of carbonyl (C=O) groups excluding carboxylic acids is 1. The van der Waals surface area contributed by atoms with Crippen LogP contribution in [-0.2, 0) is 0 Å². The Labute approximate surface area is 140 Å². The van der Waals surface area contributed by atoms with Crippen molar-refractivity contribution < 1.29 is 4.79 Å². The van der Waals surface area contributed by atoms with Gasteiger partial charge in [-0.05, 0) is 37.1 Å². The SMILES string of the molecule is O=C(Nc1ccc(Cl)cc1)c1cnc(NC2CCCCC2)cn1. The fourth-order valence-electron chi connectivity index (χ4n) is 2.70. The van der Waals surface area contributed by atoms with Gasteiger partial charge in [-0.25, -0.2) is 9.97 Å². The largest absolute Gasteiger partial charge is 0.366 e. The number of nitrogens with zero attached hydrogens (tertiary/aromatic N) is 2. The van der Waals surface area contributed by atoms with E-state index in [0.29, 0.717) is 16.8 Å². The molecule has 3 rings (SSSR count). The van der Waals surface area contributed by atoms with E-state index in [0.717, 1.165) is 5.82 Å². The number of nitrogens with one attached hydrogen (secondary N) is 2. The van der Waals surface area contributed by atoms with Gasteiger partial charge in [0.2, 0.25) is 0 Å². The molecule has 1 heterocycles. The Balaban J connectivity index is 1.59. The van der Waals surface area contributed by atoms with Crippen molar-refractivity contribution in [2.45, 2.75) is 38.1 Å². The molecule has 120 valence electrons. The van der Waals surface area contributed by atoms with Crippen LogP contribution < -0.4 is 10.6 Å². The predicted molar refractivity (Wildman–Crippen MR) is 91.9 cm³/mol. The van der Waals surface area contributed by atoms with Crippen LogP contribution >= 0.6 is 11.6 Å². The summed E-state index contributed by atoms with van der Waals surface area (Å²) in [5, 5.41) is 6.77. The van der Waals surface area contributed by atoms with Crippen LogP contribution in [0, 0.1) is 0 Å². The summed E-state index contributed by atoms with van der Waals surface area (Å²) < 4.78 is 0. The fraction of sp³-hybridized carbons (Fsp3) is 0.353. The molecule has 1 aliphatic carbocycles. The molecular weight excluding hydrogens is 312 g/mol. The summed E-state index contributed by atoms with van der Waals surface area (Å²) >= 11 is 5.82. The van der Waals surface area contributed by atoms with Crippen molar-refractivity contribution in [1.29, 1.82) is 0 Å². The topological polar surface area (TPSA) is 66.9 Å². The summed E-state index contributed by atoms with van der Waals surface area (Å²) in [6, 6.07) is 7.39. The first-order valence-electron chi connectivity index (χ1n) is 7.86. The molecule has 1 aromatic heterocycles.